The van der Waals surface area contributed by atoms with E-state index in [1.54, 1.807) is 0 Å². The molecule has 0 aliphatic carbocycles. The number of carbonyl (C=O) groups excluding carboxylic acids is 2. The topological polar surface area (TPSA) is 94.3 Å². The Morgan fingerprint density at radius 1 is 0.808 bits per heavy atom. The lowest BCUT2D eigenvalue weighted by molar-refractivity contribution is 0.250. The first kappa shape index (κ1) is 41.4. The SMILES string of the molecule is C/C=C\c1c(C)cccc1NC(=O)NCC(C)CCc1ccccc1C.CC.CC(C)c1ccc(NC(=O)NCC2CCc3ccccc3N2)cc1. The van der Waals surface area contributed by atoms with Gasteiger partial charge in [-0.25, -0.2) is 9.59 Å². The molecule has 0 aromatic heterocycles. The van der Waals surface area contributed by atoms with Gasteiger partial charge in [0.1, 0.15) is 0 Å². The number of fused-ring (bicyclic) bond motifs is 1. The molecule has 0 spiro atoms. The molecule has 1 heterocycles. The lowest BCUT2D eigenvalue weighted by atomic mass is 9.98. The van der Waals surface area contributed by atoms with Crippen molar-refractivity contribution in [2.45, 2.75) is 93.0 Å². The van der Waals surface area contributed by atoms with Crippen molar-refractivity contribution in [3.05, 3.63) is 130 Å². The van der Waals surface area contributed by atoms with E-state index in [1.165, 1.54) is 27.9 Å². The Kier molecular flexibility index (Phi) is 17.5. The molecule has 278 valence electrons. The van der Waals surface area contributed by atoms with Crippen LogP contribution in [0.4, 0.5) is 26.7 Å². The van der Waals surface area contributed by atoms with E-state index in [0.29, 0.717) is 24.9 Å². The van der Waals surface area contributed by atoms with E-state index >= 15 is 0 Å². The summed E-state index contributed by atoms with van der Waals surface area (Å²) in [6.07, 6.45) is 8.18. The lowest BCUT2D eigenvalue weighted by Gasteiger charge is -2.27. The average Bonchev–Trinajstić information content (AvgIpc) is 3.15. The van der Waals surface area contributed by atoms with E-state index in [2.05, 4.69) is 109 Å². The predicted octanol–water partition coefficient (Wildman–Crippen LogP) is 11.1. The van der Waals surface area contributed by atoms with Crippen molar-refractivity contribution in [1.82, 2.24) is 10.6 Å². The quantitative estimate of drug-likeness (QED) is 0.108. The highest BCUT2D eigenvalue weighted by Gasteiger charge is 2.18. The number of urea groups is 2. The summed E-state index contributed by atoms with van der Waals surface area (Å²) in [5.74, 6) is 0.918. The first-order chi connectivity index (χ1) is 25.1. The number of anilines is 3. The molecular formula is C45H61N5O2. The number of nitrogens with one attached hydrogen (secondary N) is 5. The zero-order valence-electron chi connectivity index (χ0n) is 32.6. The fourth-order valence-electron chi connectivity index (χ4n) is 6.00. The van der Waals surface area contributed by atoms with Crippen molar-refractivity contribution >= 4 is 35.2 Å². The van der Waals surface area contributed by atoms with Crippen LogP contribution in [0.25, 0.3) is 6.08 Å². The van der Waals surface area contributed by atoms with Gasteiger partial charge in [-0.1, -0.05) is 114 Å². The monoisotopic (exact) mass is 703 g/mol. The van der Waals surface area contributed by atoms with Crippen molar-refractivity contribution in [2.75, 3.05) is 29.0 Å². The van der Waals surface area contributed by atoms with Crippen molar-refractivity contribution < 1.29 is 9.59 Å². The number of aryl methyl sites for hydroxylation is 4. The Balaban J connectivity index is 0.000000268. The largest absolute Gasteiger partial charge is 0.380 e. The Bertz CT molecular complexity index is 1710. The lowest BCUT2D eigenvalue weighted by Crippen LogP contribution is -2.40. The molecule has 0 saturated heterocycles. The average molecular weight is 704 g/mol. The number of para-hydroxylation sites is 1. The van der Waals surface area contributed by atoms with Gasteiger partial charge in [0.15, 0.2) is 0 Å². The third kappa shape index (κ3) is 13.6. The molecule has 0 radical (unpaired) electrons. The fraction of sp³-hybridized carbons (Fsp3) is 0.378. The van der Waals surface area contributed by atoms with E-state index in [-0.39, 0.29) is 18.1 Å². The maximum absolute atomic E-state index is 12.3. The highest BCUT2D eigenvalue weighted by atomic mass is 16.2. The number of benzene rings is 4. The molecule has 7 nitrogen and oxygen atoms in total. The van der Waals surface area contributed by atoms with E-state index in [9.17, 15) is 9.59 Å². The molecule has 0 fully saturated rings. The molecule has 5 rings (SSSR count). The van der Waals surface area contributed by atoms with Gasteiger partial charge in [0.2, 0.25) is 0 Å². The summed E-state index contributed by atoms with van der Waals surface area (Å²) < 4.78 is 0. The van der Waals surface area contributed by atoms with Crippen molar-refractivity contribution in [1.29, 1.82) is 0 Å². The predicted molar refractivity (Wildman–Crippen MR) is 223 cm³/mol. The number of hydrogen-bond acceptors (Lipinski definition) is 3. The molecule has 2 atom stereocenters. The van der Waals surface area contributed by atoms with Gasteiger partial charge in [-0.15, -0.1) is 0 Å². The highest BCUT2D eigenvalue weighted by Crippen LogP contribution is 2.24. The third-order valence-electron chi connectivity index (χ3n) is 9.17. The van der Waals surface area contributed by atoms with Crippen LogP contribution in [0.5, 0.6) is 0 Å². The molecule has 52 heavy (non-hydrogen) atoms. The zero-order chi connectivity index (χ0) is 37.9. The molecule has 0 saturated carbocycles. The Labute approximate surface area is 313 Å². The van der Waals surface area contributed by atoms with Crippen LogP contribution < -0.4 is 26.6 Å². The Morgan fingerprint density at radius 2 is 1.48 bits per heavy atom. The van der Waals surface area contributed by atoms with Gasteiger partial charge in [0.25, 0.3) is 0 Å². The molecule has 4 aromatic rings. The summed E-state index contributed by atoms with van der Waals surface area (Å²) in [5, 5.41) is 15.3. The van der Waals surface area contributed by atoms with Crippen LogP contribution in [-0.4, -0.2) is 31.2 Å². The Hall–Kier alpha value is -5.04. The van der Waals surface area contributed by atoms with Gasteiger partial charge in [-0.2, -0.15) is 0 Å². The number of allylic oxidation sites excluding steroid dienone is 1. The number of carbonyl (C=O) groups is 2. The minimum absolute atomic E-state index is 0.149. The highest BCUT2D eigenvalue weighted by molar-refractivity contribution is 5.92. The van der Waals surface area contributed by atoms with Gasteiger partial charge in [-0.3, -0.25) is 0 Å². The third-order valence-corrected chi connectivity index (χ3v) is 9.17. The molecule has 7 heteroatoms. The summed E-state index contributed by atoms with van der Waals surface area (Å²) in [7, 11) is 0. The van der Waals surface area contributed by atoms with E-state index in [0.717, 1.165) is 48.2 Å². The second kappa shape index (κ2) is 22.0. The van der Waals surface area contributed by atoms with Gasteiger partial charge in [-0.05, 0) is 110 Å². The number of rotatable bonds is 11. The van der Waals surface area contributed by atoms with Crippen LogP contribution in [0.2, 0.25) is 0 Å². The van der Waals surface area contributed by atoms with Crippen LogP contribution in [0, 0.1) is 19.8 Å². The van der Waals surface area contributed by atoms with Crippen molar-refractivity contribution in [2.24, 2.45) is 5.92 Å². The molecule has 1 aliphatic rings. The van der Waals surface area contributed by atoms with Crippen LogP contribution in [0.15, 0.2) is 97.1 Å². The smallest absolute Gasteiger partial charge is 0.319 e. The molecular weight excluding hydrogens is 643 g/mol. The standard InChI is InChI=1S/C23H30N2O.C20H25N3O.C2H6/c1-5-9-21-19(4)11-8-13-22(21)25-23(26)24-16-17(2)14-15-20-12-7-6-10-18(20)3;1-14(2)15-7-10-17(11-8-15)23-20(24)21-13-18-12-9-16-5-3-4-6-19(16)22-18;1-2/h5-13,17H,14-16H2,1-4H3,(H2,24,25,26);3-8,10-11,14,18,22H,9,12-13H2,1-2H3,(H2,21,23,24);1-2H3/b9-5-;;. The molecule has 5 N–H and O–H groups in total. The summed E-state index contributed by atoms with van der Waals surface area (Å²) in [6.45, 7) is 18.0. The molecule has 4 amide bonds. The second-order valence-corrected chi connectivity index (χ2v) is 13.6. The van der Waals surface area contributed by atoms with Crippen LogP contribution >= 0.6 is 0 Å². The maximum atomic E-state index is 12.3. The minimum Gasteiger partial charge on any atom is -0.380 e. The van der Waals surface area contributed by atoms with Gasteiger partial charge in [0.05, 0.1) is 0 Å². The molecule has 1 aliphatic heterocycles. The molecule has 4 aromatic carbocycles. The maximum Gasteiger partial charge on any atom is 0.319 e. The van der Waals surface area contributed by atoms with E-state index < -0.39 is 0 Å². The normalized spacial score (nSPS) is 13.7. The fourth-order valence-corrected chi connectivity index (χ4v) is 6.00. The van der Waals surface area contributed by atoms with Gasteiger partial charge < -0.3 is 26.6 Å². The van der Waals surface area contributed by atoms with E-state index in [1.807, 2.05) is 76.2 Å². The van der Waals surface area contributed by atoms with Crippen LogP contribution in [0.1, 0.15) is 93.7 Å². The summed E-state index contributed by atoms with van der Waals surface area (Å²) in [6, 6.07) is 30.8. The van der Waals surface area contributed by atoms with Crippen molar-refractivity contribution in [3.8, 4) is 0 Å². The van der Waals surface area contributed by atoms with Crippen LogP contribution in [0.3, 0.4) is 0 Å². The number of hydrogen-bond donors (Lipinski definition) is 5. The Morgan fingerprint density at radius 3 is 2.19 bits per heavy atom. The van der Waals surface area contributed by atoms with Crippen LogP contribution in [-0.2, 0) is 12.8 Å². The summed E-state index contributed by atoms with van der Waals surface area (Å²) >= 11 is 0. The first-order valence-corrected chi connectivity index (χ1v) is 18.9. The first-order valence-electron chi connectivity index (χ1n) is 18.9. The minimum atomic E-state index is -0.159. The second-order valence-electron chi connectivity index (χ2n) is 13.6. The zero-order valence-corrected chi connectivity index (χ0v) is 32.6. The summed E-state index contributed by atoms with van der Waals surface area (Å²) in [5.41, 5.74) is 10.4. The van der Waals surface area contributed by atoms with Gasteiger partial charge in [0, 0.05) is 41.8 Å². The van der Waals surface area contributed by atoms with Crippen molar-refractivity contribution in [3.63, 3.8) is 0 Å². The molecule has 2 unspecified atom stereocenters. The van der Waals surface area contributed by atoms with Gasteiger partial charge >= 0.3 is 12.1 Å². The molecule has 0 bridgehead atoms. The summed E-state index contributed by atoms with van der Waals surface area (Å²) in [4.78, 5) is 24.3. The van der Waals surface area contributed by atoms with E-state index in [4.69, 9.17) is 0 Å². The number of amides is 4.